The van der Waals surface area contributed by atoms with E-state index in [4.69, 9.17) is 0 Å². The molecule has 0 radical (unpaired) electrons. The highest BCUT2D eigenvalue weighted by Crippen LogP contribution is 2.47. The van der Waals surface area contributed by atoms with Gasteiger partial charge in [0.05, 0.1) is 10.8 Å². The Balaban J connectivity index is 2.19. The SMILES string of the molecule is CC1(C)CC(=O)C([C@@H](C2=C(O)CC(C)(C)CC2=O)c2cccc([N+](=O)[O-])c2)C(=O)C1. The average molecular weight is 413 g/mol. The van der Waals surface area contributed by atoms with Crippen LogP contribution in [-0.2, 0) is 14.4 Å². The Bertz CT molecular complexity index is 952. The third-order valence-electron chi connectivity index (χ3n) is 5.98. The van der Waals surface area contributed by atoms with Crippen LogP contribution in [0.3, 0.4) is 0 Å². The Labute approximate surface area is 175 Å². The molecule has 7 nitrogen and oxygen atoms in total. The van der Waals surface area contributed by atoms with E-state index in [1.165, 1.54) is 18.2 Å². The van der Waals surface area contributed by atoms with Crippen LogP contribution in [0.5, 0.6) is 0 Å². The summed E-state index contributed by atoms with van der Waals surface area (Å²) in [6.45, 7) is 7.40. The Morgan fingerprint density at radius 1 is 1.00 bits per heavy atom. The first kappa shape index (κ1) is 21.9. The van der Waals surface area contributed by atoms with Crippen LogP contribution in [0, 0.1) is 26.9 Å². The first-order valence-electron chi connectivity index (χ1n) is 10.1. The lowest BCUT2D eigenvalue weighted by atomic mass is 9.62. The third-order valence-corrected chi connectivity index (χ3v) is 5.98. The molecule has 2 aliphatic rings. The maximum absolute atomic E-state index is 13.1. The second-order valence-corrected chi connectivity index (χ2v) is 10.1. The van der Waals surface area contributed by atoms with Crippen LogP contribution in [0.2, 0.25) is 0 Å². The number of rotatable bonds is 4. The Morgan fingerprint density at radius 2 is 1.57 bits per heavy atom. The molecule has 0 aliphatic heterocycles. The second kappa shape index (κ2) is 7.45. The van der Waals surface area contributed by atoms with Crippen LogP contribution in [0.4, 0.5) is 5.69 Å². The van der Waals surface area contributed by atoms with Crippen molar-refractivity contribution in [1.82, 2.24) is 0 Å². The number of aliphatic hydroxyl groups excluding tert-OH is 1. The van der Waals surface area contributed by atoms with Crippen molar-refractivity contribution >= 4 is 23.0 Å². The van der Waals surface area contributed by atoms with Gasteiger partial charge in [-0.2, -0.15) is 0 Å². The molecule has 1 fully saturated rings. The standard InChI is InChI=1S/C23H27NO6/c1-22(2)9-15(25)20(16(26)10-22)19(13-6-5-7-14(8-13)24(29)30)21-17(27)11-23(3,4)12-18(21)28/h5-8,19-20,27H,9-12H2,1-4H3/t19-/m0/s1. The molecule has 7 heteroatoms. The van der Waals surface area contributed by atoms with Gasteiger partial charge in [0.1, 0.15) is 17.3 Å². The van der Waals surface area contributed by atoms with Gasteiger partial charge < -0.3 is 5.11 Å². The molecule has 160 valence electrons. The van der Waals surface area contributed by atoms with E-state index in [1.807, 2.05) is 27.7 Å². The zero-order valence-electron chi connectivity index (χ0n) is 17.7. The van der Waals surface area contributed by atoms with Crippen LogP contribution in [0.25, 0.3) is 0 Å². The quantitative estimate of drug-likeness (QED) is 0.443. The number of carbonyl (C=O) groups excluding carboxylic acids is 3. The minimum Gasteiger partial charge on any atom is -0.512 e. The Hall–Kier alpha value is -2.83. The number of ketones is 3. The summed E-state index contributed by atoms with van der Waals surface area (Å²) in [5, 5.41) is 22.1. The fraction of sp³-hybridized carbons (Fsp3) is 0.522. The van der Waals surface area contributed by atoms with E-state index in [1.54, 1.807) is 6.07 Å². The molecule has 0 spiro atoms. The predicted octanol–water partition coefficient (Wildman–Crippen LogP) is 4.45. The van der Waals surface area contributed by atoms with Crippen LogP contribution in [0.1, 0.15) is 64.9 Å². The lowest BCUT2D eigenvalue weighted by molar-refractivity contribution is -0.384. The summed E-state index contributed by atoms with van der Waals surface area (Å²) in [7, 11) is 0. The summed E-state index contributed by atoms with van der Waals surface area (Å²) in [6, 6.07) is 5.65. The molecular formula is C23H27NO6. The minimum absolute atomic E-state index is 0.0428. The monoisotopic (exact) mass is 413 g/mol. The topological polar surface area (TPSA) is 115 Å². The molecule has 1 atom stereocenters. The van der Waals surface area contributed by atoms with E-state index >= 15 is 0 Å². The normalized spacial score (nSPS) is 22.9. The number of nitro benzene ring substituents is 1. The molecule has 30 heavy (non-hydrogen) atoms. The zero-order valence-corrected chi connectivity index (χ0v) is 17.7. The summed E-state index contributed by atoms with van der Waals surface area (Å²) >= 11 is 0. The number of benzene rings is 1. The van der Waals surface area contributed by atoms with Gasteiger partial charge in [-0.15, -0.1) is 0 Å². The van der Waals surface area contributed by atoms with Crippen LogP contribution in [-0.4, -0.2) is 27.4 Å². The van der Waals surface area contributed by atoms with Crippen molar-refractivity contribution < 1.29 is 24.4 Å². The van der Waals surface area contributed by atoms with Gasteiger partial charge in [0.25, 0.3) is 5.69 Å². The average Bonchev–Trinajstić information content (AvgIpc) is 2.57. The maximum atomic E-state index is 13.1. The van der Waals surface area contributed by atoms with E-state index in [9.17, 15) is 29.6 Å². The highest BCUT2D eigenvalue weighted by molar-refractivity contribution is 6.09. The molecule has 1 saturated carbocycles. The van der Waals surface area contributed by atoms with E-state index in [0.717, 1.165) is 0 Å². The van der Waals surface area contributed by atoms with E-state index < -0.39 is 27.6 Å². The number of allylic oxidation sites excluding steroid dienone is 2. The van der Waals surface area contributed by atoms with Gasteiger partial charge in [0, 0.05) is 49.3 Å². The largest absolute Gasteiger partial charge is 0.512 e. The summed E-state index contributed by atoms with van der Waals surface area (Å²) in [4.78, 5) is 49.9. The number of Topliss-reactive ketones (excluding diaryl/α,β-unsaturated/α-hetero) is 3. The van der Waals surface area contributed by atoms with Crippen molar-refractivity contribution in [3.8, 4) is 0 Å². The summed E-state index contributed by atoms with van der Waals surface area (Å²) in [6.07, 6.45) is 0.740. The van der Waals surface area contributed by atoms with Crippen LogP contribution < -0.4 is 0 Å². The van der Waals surface area contributed by atoms with Gasteiger partial charge >= 0.3 is 0 Å². The minimum atomic E-state index is -1.14. The molecule has 0 aromatic heterocycles. The molecule has 1 aromatic rings. The second-order valence-electron chi connectivity index (χ2n) is 10.1. The molecule has 1 N–H and O–H groups in total. The van der Waals surface area contributed by atoms with Crippen molar-refractivity contribution in [2.24, 2.45) is 16.7 Å². The smallest absolute Gasteiger partial charge is 0.269 e. The highest BCUT2D eigenvalue weighted by Gasteiger charge is 2.48. The van der Waals surface area contributed by atoms with E-state index in [2.05, 4.69) is 0 Å². The molecule has 0 saturated heterocycles. The number of hydrogen-bond acceptors (Lipinski definition) is 6. The maximum Gasteiger partial charge on any atom is 0.269 e. The summed E-state index contributed by atoms with van der Waals surface area (Å²) < 4.78 is 0. The van der Waals surface area contributed by atoms with E-state index in [0.29, 0.717) is 5.56 Å². The molecule has 0 bridgehead atoms. The highest BCUT2D eigenvalue weighted by atomic mass is 16.6. The van der Waals surface area contributed by atoms with Gasteiger partial charge in [-0.25, -0.2) is 0 Å². The third kappa shape index (κ3) is 4.20. The molecule has 0 amide bonds. The lowest BCUT2D eigenvalue weighted by Gasteiger charge is -2.38. The van der Waals surface area contributed by atoms with Crippen LogP contribution in [0.15, 0.2) is 35.6 Å². The number of nitro groups is 1. The van der Waals surface area contributed by atoms with Crippen molar-refractivity contribution in [3.05, 3.63) is 51.3 Å². The van der Waals surface area contributed by atoms with E-state index in [-0.39, 0.29) is 60.1 Å². The first-order valence-corrected chi connectivity index (χ1v) is 10.1. The summed E-state index contributed by atoms with van der Waals surface area (Å²) in [5.41, 5.74) is -0.753. The molecule has 0 heterocycles. The van der Waals surface area contributed by atoms with Gasteiger partial charge in [0.2, 0.25) is 0 Å². The fourth-order valence-corrected chi connectivity index (χ4v) is 4.79. The van der Waals surface area contributed by atoms with Crippen molar-refractivity contribution in [2.45, 2.75) is 59.3 Å². The number of hydrogen-bond donors (Lipinski definition) is 1. The molecule has 0 unspecified atom stereocenters. The number of non-ortho nitro benzene ring substituents is 1. The van der Waals surface area contributed by atoms with Gasteiger partial charge in [0.15, 0.2) is 5.78 Å². The summed E-state index contributed by atoms with van der Waals surface area (Å²) in [5.74, 6) is -3.23. The Kier molecular flexibility index (Phi) is 5.43. The van der Waals surface area contributed by atoms with Crippen LogP contribution >= 0.6 is 0 Å². The fourth-order valence-electron chi connectivity index (χ4n) is 4.79. The lowest BCUT2D eigenvalue weighted by Crippen LogP contribution is -2.43. The predicted molar refractivity (Wildman–Crippen MR) is 110 cm³/mol. The Morgan fingerprint density at radius 3 is 2.10 bits per heavy atom. The molecule has 2 aliphatic carbocycles. The van der Waals surface area contributed by atoms with Crippen molar-refractivity contribution in [3.63, 3.8) is 0 Å². The molecule has 3 rings (SSSR count). The number of nitrogens with zero attached hydrogens (tertiary/aromatic N) is 1. The molecular weight excluding hydrogens is 386 g/mol. The number of aliphatic hydroxyl groups is 1. The van der Waals surface area contributed by atoms with Gasteiger partial charge in [-0.05, 0) is 16.4 Å². The van der Waals surface area contributed by atoms with Crippen molar-refractivity contribution in [2.75, 3.05) is 0 Å². The van der Waals surface area contributed by atoms with Crippen molar-refractivity contribution in [1.29, 1.82) is 0 Å². The zero-order chi connectivity index (χ0) is 22.4. The van der Waals surface area contributed by atoms with Gasteiger partial charge in [-0.1, -0.05) is 39.8 Å². The number of carbonyl (C=O) groups is 3. The molecule has 1 aromatic carbocycles. The first-order chi connectivity index (χ1) is 13.8. The van der Waals surface area contributed by atoms with Gasteiger partial charge in [-0.3, -0.25) is 24.5 Å².